The van der Waals surface area contributed by atoms with Crippen LogP contribution in [-0.4, -0.2) is 25.7 Å². The van der Waals surface area contributed by atoms with Crippen molar-refractivity contribution in [2.75, 3.05) is 5.32 Å². The van der Waals surface area contributed by atoms with Crippen LogP contribution in [0.3, 0.4) is 0 Å². The molecule has 2 aromatic heterocycles. The summed E-state index contributed by atoms with van der Waals surface area (Å²) in [4.78, 5) is 21.5. The van der Waals surface area contributed by atoms with Crippen molar-refractivity contribution >= 4 is 11.7 Å². The topological polar surface area (TPSA) is 72.7 Å². The number of rotatable bonds is 3. The Morgan fingerprint density at radius 1 is 1.00 bits per heavy atom. The quantitative estimate of drug-likeness (QED) is 0.789. The van der Waals surface area contributed by atoms with Crippen molar-refractivity contribution in [3.8, 4) is 5.82 Å². The monoisotopic (exact) mass is 347 g/mol. The molecule has 0 unspecified atom stereocenters. The number of carbonyl (C=O) groups excluding carboxylic acids is 1. The lowest BCUT2D eigenvalue weighted by atomic mass is 10.1. The molecule has 1 amide bonds. The van der Waals surface area contributed by atoms with E-state index in [9.17, 15) is 4.79 Å². The Balaban J connectivity index is 1.65. The summed E-state index contributed by atoms with van der Waals surface area (Å²) in [7, 11) is 0. The first kappa shape index (κ1) is 16.4. The predicted molar refractivity (Wildman–Crippen MR) is 99.8 cm³/mol. The van der Waals surface area contributed by atoms with Gasteiger partial charge in [-0.25, -0.2) is 9.97 Å². The van der Waals surface area contributed by atoms with Crippen LogP contribution in [0, 0.1) is 20.8 Å². The van der Waals surface area contributed by atoms with Gasteiger partial charge in [-0.15, -0.1) is 0 Å². The maximum absolute atomic E-state index is 12.8. The minimum absolute atomic E-state index is 0.136. The number of benzene rings is 1. The van der Waals surface area contributed by atoms with Crippen LogP contribution in [-0.2, 0) is 12.8 Å². The molecule has 0 aliphatic heterocycles. The molecule has 1 aliphatic carbocycles. The van der Waals surface area contributed by atoms with E-state index in [1.165, 1.54) is 17.5 Å². The first-order valence-electron chi connectivity index (χ1n) is 8.82. The van der Waals surface area contributed by atoms with E-state index in [0.29, 0.717) is 23.0 Å². The van der Waals surface area contributed by atoms with Crippen LogP contribution < -0.4 is 5.32 Å². The normalized spacial score (nSPS) is 12.9. The number of amides is 1. The van der Waals surface area contributed by atoms with Gasteiger partial charge in [-0.05, 0) is 63.3 Å². The Bertz CT molecular complexity index is 985. The maximum atomic E-state index is 12.8. The molecule has 132 valence electrons. The number of hydrogen-bond donors (Lipinski definition) is 1. The summed E-state index contributed by atoms with van der Waals surface area (Å²) >= 11 is 0. The highest BCUT2D eigenvalue weighted by Crippen LogP contribution is 2.24. The van der Waals surface area contributed by atoms with Gasteiger partial charge in [0.15, 0.2) is 5.82 Å². The fourth-order valence-corrected chi connectivity index (χ4v) is 3.47. The first-order valence-corrected chi connectivity index (χ1v) is 8.82. The molecule has 0 bridgehead atoms. The number of aromatic nitrogens is 4. The Morgan fingerprint density at radius 3 is 2.62 bits per heavy atom. The second-order valence-electron chi connectivity index (χ2n) is 6.79. The van der Waals surface area contributed by atoms with Crippen molar-refractivity contribution in [3.63, 3.8) is 0 Å². The molecule has 4 rings (SSSR count). The van der Waals surface area contributed by atoms with E-state index in [4.69, 9.17) is 0 Å². The molecule has 1 aliphatic rings. The van der Waals surface area contributed by atoms with Gasteiger partial charge in [0.05, 0.1) is 5.69 Å². The van der Waals surface area contributed by atoms with Gasteiger partial charge in [-0.1, -0.05) is 6.07 Å². The van der Waals surface area contributed by atoms with Crippen LogP contribution in [0.25, 0.3) is 5.82 Å². The van der Waals surface area contributed by atoms with Gasteiger partial charge in [0.2, 0.25) is 0 Å². The van der Waals surface area contributed by atoms with Crippen molar-refractivity contribution in [1.29, 1.82) is 0 Å². The molecule has 0 saturated carbocycles. The van der Waals surface area contributed by atoms with Crippen molar-refractivity contribution in [2.45, 2.75) is 40.0 Å². The summed E-state index contributed by atoms with van der Waals surface area (Å²) in [6, 6.07) is 9.66. The van der Waals surface area contributed by atoms with E-state index < -0.39 is 0 Å². The van der Waals surface area contributed by atoms with E-state index in [-0.39, 0.29) is 5.91 Å². The zero-order valence-electron chi connectivity index (χ0n) is 15.2. The number of fused-ring (bicyclic) bond motifs is 1. The second-order valence-corrected chi connectivity index (χ2v) is 6.79. The molecule has 0 saturated heterocycles. The van der Waals surface area contributed by atoms with Crippen LogP contribution in [0.5, 0.6) is 0 Å². The largest absolute Gasteiger partial charge is 0.306 e. The fourth-order valence-electron chi connectivity index (χ4n) is 3.47. The maximum Gasteiger partial charge on any atom is 0.256 e. The summed E-state index contributed by atoms with van der Waals surface area (Å²) in [5.41, 5.74) is 4.98. The summed E-state index contributed by atoms with van der Waals surface area (Å²) in [5.74, 6) is 1.78. The second kappa shape index (κ2) is 6.37. The molecule has 3 aromatic rings. The zero-order valence-corrected chi connectivity index (χ0v) is 15.2. The van der Waals surface area contributed by atoms with E-state index in [0.717, 1.165) is 24.2 Å². The van der Waals surface area contributed by atoms with Crippen molar-refractivity contribution in [2.24, 2.45) is 0 Å². The van der Waals surface area contributed by atoms with Gasteiger partial charge in [0.25, 0.3) is 5.91 Å². The van der Waals surface area contributed by atoms with E-state index >= 15 is 0 Å². The first-order chi connectivity index (χ1) is 12.5. The van der Waals surface area contributed by atoms with Crippen LogP contribution in [0.2, 0.25) is 0 Å². The van der Waals surface area contributed by atoms with Crippen LogP contribution in [0.1, 0.15) is 45.1 Å². The summed E-state index contributed by atoms with van der Waals surface area (Å²) in [6.45, 7) is 5.65. The highest BCUT2D eigenvalue weighted by atomic mass is 16.1. The lowest BCUT2D eigenvalue weighted by Crippen LogP contribution is -2.16. The van der Waals surface area contributed by atoms with Gasteiger partial charge in [0, 0.05) is 23.4 Å². The van der Waals surface area contributed by atoms with Gasteiger partial charge in [-0.2, -0.15) is 9.78 Å². The highest BCUT2D eigenvalue weighted by molar-refractivity contribution is 6.04. The summed E-state index contributed by atoms with van der Waals surface area (Å²) in [5, 5.41) is 7.46. The van der Waals surface area contributed by atoms with Crippen LogP contribution in [0.15, 0.2) is 30.3 Å². The van der Waals surface area contributed by atoms with Crippen LogP contribution >= 0.6 is 0 Å². The van der Waals surface area contributed by atoms with Gasteiger partial charge < -0.3 is 5.32 Å². The third-order valence-corrected chi connectivity index (χ3v) is 4.60. The Morgan fingerprint density at radius 2 is 1.81 bits per heavy atom. The Kier molecular flexibility index (Phi) is 4.03. The number of nitrogens with one attached hydrogen (secondary N) is 1. The molecule has 1 N–H and O–H groups in total. The average Bonchev–Trinajstić information content (AvgIpc) is 3.19. The molecule has 2 heterocycles. The Hall–Kier alpha value is -3.02. The van der Waals surface area contributed by atoms with Gasteiger partial charge >= 0.3 is 0 Å². The number of carbonyl (C=O) groups is 1. The van der Waals surface area contributed by atoms with E-state index in [1.54, 1.807) is 4.68 Å². The lowest BCUT2D eigenvalue weighted by molar-refractivity contribution is 0.102. The predicted octanol–water partition coefficient (Wildman–Crippen LogP) is 3.33. The molecular formula is C20H21N5O. The Labute approximate surface area is 152 Å². The van der Waals surface area contributed by atoms with E-state index in [2.05, 4.69) is 26.4 Å². The molecule has 26 heavy (non-hydrogen) atoms. The third-order valence-electron chi connectivity index (χ3n) is 4.60. The van der Waals surface area contributed by atoms with Gasteiger partial charge in [0.1, 0.15) is 11.6 Å². The summed E-state index contributed by atoms with van der Waals surface area (Å²) < 4.78 is 1.66. The SMILES string of the molecule is Cc1cc(-n2nc(C)cc2NC(=O)c2ccc3c(c2)CCC3)nc(C)n1. The molecule has 0 fully saturated rings. The van der Waals surface area contributed by atoms with Crippen LogP contribution in [0.4, 0.5) is 5.82 Å². The number of anilines is 1. The summed E-state index contributed by atoms with van der Waals surface area (Å²) in [6.07, 6.45) is 3.32. The van der Waals surface area contributed by atoms with Crippen molar-refractivity contribution < 1.29 is 4.79 Å². The number of aryl methyl sites for hydroxylation is 5. The highest BCUT2D eigenvalue weighted by Gasteiger charge is 2.17. The smallest absolute Gasteiger partial charge is 0.256 e. The van der Waals surface area contributed by atoms with Crippen molar-refractivity contribution in [1.82, 2.24) is 19.7 Å². The molecule has 0 spiro atoms. The fraction of sp³-hybridized carbons (Fsp3) is 0.300. The average molecular weight is 347 g/mol. The molecule has 6 heteroatoms. The van der Waals surface area contributed by atoms with Gasteiger partial charge in [-0.3, -0.25) is 4.79 Å². The van der Waals surface area contributed by atoms with Crippen molar-refractivity contribution in [3.05, 3.63) is 64.2 Å². The third kappa shape index (κ3) is 3.10. The molecule has 6 nitrogen and oxygen atoms in total. The molecule has 0 radical (unpaired) electrons. The van der Waals surface area contributed by atoms with E-state index in [1.807, 2.05) is 45.0 Å². The standard InChI is InChI=1S/C20H21N5O/c1-12-9-18(22-14(3)21-12)25-19(10-13(2)24-25)23-20(26)17-8-7-15-5-4-6-16(15)11-17/h7-11H,4-6H2,1-3H3,(H,23,26). The molecule has 0 atom stereocenters. The minimum Gasteiger partial charge on any atom is -0.306 e. The minimum atomic E-state index is -0.136. The molecule has 1 aromatic carbocycles. The number of nitrogens with zero attached hydrogens (tertiary/aromatic N) is 4. The zero-order chi connectivity index (χ0) is 18.3. The lowest BCUT2D eigenvalue weighted by Gasteiger charge is -2.10. The molecular weight excluding hydrogens is 326 g/mol. The number of hydrogen-bond acceptors (Lipinski definition) is 4.